The lowest BCUT2D eigenvalue weighted by atomic mass is 9.85. The summed E-state index contributed by atoms with van der Waals surface area (Å²) >= 11 is 0. The first-order valence-electron chi connectivity index (χ1n) is 8.21. The maximum absolute atomic E-state index is 11.9. The molecule has 2 aliphatic carbocycles. The normalized spacial score (nSPS) is 23.4. The van der Waals surface area contributed by atoms with Gasteiger partial charge in [0, 0.05) is 13.0 Å². The van der Waals surface area contributed by atoms with Crippen LogP contribution in [0.3, 0.4) is 0 Å². The van der Waals surface area contributed by atoms with Crippen molar-refractivity contribution in [1.29, 1.82) is 0 Å². The van der Waals surface area contributed by atoms with E-state index in [0.29, 0.717) is 6.42 Å². The molecule has 3 nitrogen and oxygen atoms in total. The summed E-state index contributed by atoms with van der Waals surface area (Å²) in [6, 6.07) is 0. The molecule has 19 heavy (non-hydrogen) atoms. The number of rotatable bonds is 6. The number of carbonyl (C=O) groups excluding carboxylic acids is 1. The maximum Gasteiger partial charge on any atom is 0.220 e. The van der Waals surface area contributed by atoms with E-state index in [9.17, 15) is 4.79 Å². The van der Waals surface area contributed by atoms with Gasteiger partial charge in [-0.25, -0.2) is 0 Å². The number of hydrogen-bond acceptors (Lipinski definition) is 2. The summed E-state index contributed by atoms with van der Waals surface area (Å²) in [5, 5.41) is 3.14. The van der Waals surface area contributed by atoms with E-state index < -0.39 is 0 Å². The van der Waals surface area contributed by atoms with Crippen LogP contribution in [0.15, 0.2) is 0 Å². The molecule has 2 aliphatic rings. The van der Waals surface area contributed by atoms with Crippen molar-refractivity contribution in [3.63, 3.8) is 0 Å². The highest BCUT2D eigenvalue weighted by molar-refractivity contribution is 5.75. The van der Waals surface area contributed by atoms with E-state index in [1.807, 2.05) is 0 Å². The lowest BCUT2D eigenvalue weighted by Gasteiger charge is -2.27. The van der Waals surface area contributed by atoms with E-state index >= 15 is 0 Å². The standard InChI is InChI=1S/C16H30N2O/c17-12-16(10-4-5-11-16)13-18-15(19)9-8-14-6-2-1-3-7-14/h14H,1-13,17H2,(H,18,19). The van der Waals surface area contributed by atoms with Gasteiger partial charge in [0.1, 0.15) is 0 Å². The molecule has 2 fully saturated rings. The van der Waals surface area contributed by atoms with Crippen molar-refractivity contribution in [2.24, 2.45) is 17.1 Å². The first-order chi connectivity index (χ1) is 9.24. The van der Waals surface area contributed by atoms with Gasteiger partial charge in [-0.05, 0) is 37.1 Å². The van der Waals surface area contributed by atoms with Gasteiger partial charge in [0.2, 0.25) is 5.91 Å². The van der Waals surface area contributed by atoms with Gasteiger partial charge < -0.3 is 11.1 Å². The third-order valence-corrected chi connectivity index (χ3v) is 5.26. The Morgan fingerprint density at radius 2 is 1.79 bits per heavy atom. The summed E-state index contributed by atoms with van der Waals surface area (Å²) in [5.41, 5.74) is 6.10. The van der Waals surface area contributed by atoms with Crippen LogP contribution in [0.4, 0.5) is 0 Å². The predicted octanol–water partition coefficient (Wildman–Crippen LogP) is 2.98. The summed E-state index contributed by atoms with van der Waals surface area (Å²) < 4.78 is 0. The second-order valence-corrected chi connectivity index (χ2v) is 6.73. The van der Waals surface area contributed by atoms with Crippen molar-refractivity contribution in [3.8, 4) is 0 Å². The zero-order chi connectivity index (χ0) is 13.6. The molecule has 0 spiro atoms. The Labute approximate surface area is 117 Å². The monoisotopic (exact) mass is 266 g/mol. The van der Waals surface area contributed by atoms with Crippen molar-refractivity contribution in [2.75, 3.05) is 13.1 Å². The van der Waals surface area contributed by atoms with Crippen molar-refractivity contribution >= 4 is 5.91 Å². The van der Waals surface area contributed by atoms with Crippen LogP contribution < -0.4 is 11.1 Å². The molecule has 0 atom stereocenters. The number of amides is 1. The quantitative estimate of drug-likeness (QED) is 0.776. The summed E-state index contributed by atoms with van der Waals surface area (Å²) in [4.78, 5) is 11.9. The van der Waals surface area contributed by atoms with Crippen LogP contribution in [0.25, 0.3) is 0 Å². The minimum atomic E-state index is 0.209. The Balaban J connectivity index is 1.63. The van der Waals surface area contributed by atoms with Gasteiger partial charge >= 0.3 is 0 Å². The van der Waals surface area contributed by atoms with E-state index in [4.69, 9.17) is 5.73 Å². The van der Waals surface area contributed by atoms with Crippen molar-refractivity contribution in [1.82, 2.24) is 5.32 Å². The zero-order valence-corrected chi connectivity index (χ0v) is 12.3. The largest absolute Gasteiger partial charge is 0.355 e. The fourth-order valence-corrected chi connectivity index (χ4v) is 3.76. The molecule has 0 saturated heterocycles. The van der Waals surface area contributed by atoms with E-state index in [0.717, 1.165) is 25.4 Å². The molecular weight excluding hydrogens is 236 g/mol. The molecule has 2 saturated carbocycles. The summed E-state index contributed by atoms with van der Waals surface area (Å²) in [7, 11) is 0. The fourth-order valence-electron chi connectivity index (χ4n) is 3.76. The van der Waals surface area contributed by atoms with Gasteiger partial charge in [0.15, 0.2) is 0 Å². The number of hydrogen-bond donors (Lipinski definition) is 2. The molecule has 2 rings (SSSR count). The van der Waals surface area contributed by atoms with Crippen LogP contribution in [0.2, 0.25) is 0 Å². The third kappa shape index (κ3) is 4.48. The second-order valence-electron chi connectivity index (χ2n) is 6.73. The molecule has 0 aliphatic heterocycles. The topological polar surface area (TPSA) is 55.1 Å². The fraction of sp³-hybridized carbons (Fsp3) is 0.938. The highest BCUT2D eigenvalue weighted by Gasteiger charge is 2.32. The lowest BCUT2D eigenvalue weighted by Crippen LogP contribution is -2.40. The Morgan fingerprint density at radius 1 is 1.11 bits per heavy atom. The van der Waals surface area contributed by atoms with Gasteiger partial charge in [-0.15, -0.1) is 0 Å². The molecule has 0 unspecified atom stereocenters. The zero-order valence-electron chi connectivity index (χ0n) is 12.3. The lowest BCUT2D eigenvalue weighted by molar-refractivity contribution is -0.121. The molecule has 3 heteroatoms. The van der Waals surface area contributed by atoms with Crippen LogP contribution >= 0.6 is 0 Å². The Bertz CT molecular complexity index is 278. The van der Waals surface area contributed by atoms with Crippen molar-refractivity contribution < 1.29 is 4.79 Å². The SMILES string of the molecule is NCC1(CNC(=O)CCC2CCCCC2)CCCC1. The number of nitrogens with two attached hydrogens (primary N) is 1. The Hall–Kier alpha value is -0.570. The van der Waals surface area contributed by atoms with Crippen molar-refractivity contribution in [2.45, 2.75) is 70.6 Å². The summed E-state index contributed by atoms with van der Waals surface area (Å²) in [6.07, 6.45) is 13.5. The molecule has 0 bridgehead atoms. The summed E-state index contributed by atoms with van der Waals surface area (Å²) in [5.74, 6) is 1.04. The third-order valence-electron chi connectivity index (χ3n) is 5.26. The van der Waals surface area contributed by atoms with E-state index in [1.165, 1.54) is 57.8 Å². The highest BCUT2D eigenvalue weighted by Crippen LogP contribution is 2.36. The first kappa shape index (κ1) is 14.8. The second kappa shape index (κ2) is 7.28. The average Bonchev–Trinajstić information content (AvgIpc) is 2.93. The van der Waals surface area contributed by atoms with Crippen LogP contribution in [0, 0.1) is 11.3 Å². The Kier molecular flexibility index (Phi) is 5.68. The van der Waals surface area contributed by atoms with Gasteiger partial charge in [-0.1, -0.05) is 44.9 Å². The van der Waals surface area contributed by atoms with Gasteiger partial charge in [-0.3, -0.25) is 4.79 Å². The van der Waals surface area contributed by atoms with Crippen LogP contribution in [-0.4, -0.2) is 19.0 Å². The Morgan fingerprint density at radius 3 is 2.42 bits per heavy atom. The molecular formula is C16H30N2O. The van der Waals surface area contributed by atoms with Crippen LogP contribution in [0.5, 0.6) is 0 Å². The smallest absolute Gasteiger partial charge is 0.220 e. The summed E-state index contributed by atoms with van der Waals surface area (Å²) in [6.45, 7) is 1.52. The maximum atomic E-state index is 11.9. The molecule has 0 aromatic carbocycles. The molecule has 0 heterocycles. The van der Waals surface area contributed by atoms with Crippen LogP contribution in [-0.2, 0) is 4.79 Å². The van der Waals surface area contributed by atoms with Crippen molar-refractivity contribution in [3.05, 3.63) is 0 Å². The molecule has 1 amide bonds. The number of nitrogens with one attached hydrogen (secondary N) is 1. The number of carbonyl (C=O) groups is 1. The van der Waals surface area contributed by atoms with E-state index in [-0.39, 0.29) is 11.3 Å². The van der Waals surface area contributed by atoms with E-state index in [1.54, 1.807) is 0 Å². The van der Waals surface area contributed by atoms with Gasteiger partial charge in [0.05, 0.1) is 0 Å². The van der Waals surface area contributed by atoms with E-state index in [2.05, 4.69) is 5.32 Å². The van der Waals surface area contributed by atoms with Crippen LogP contribution in [0.1, 0.15) is 70.6 Å². The minimum Gasteiger partial charge on any atom is -0.355 e. The highest BCUT2D eigenvalue weighted by atomic mass is 16.1. The van der Waals surface area contributed by atoms with Gasteiger partial charge in [-0.2, -0.15) is 0 Å². The molecule has 0 radical (unpaired) electrons. The average molecular weight is 266 g/mol. The van der Waals surface area contributed by atoms with Gasteiger partial charge in [0.25, 0.3) is 0 Å². The predicted molar refractivity (Wildman–Crippen MR) is 78.8 cm³/mol. The molecule has 0 aromatic heterocycles. The molecule has 0 aromatic rings. The first-order valence-corrected chi connectivity index (χ1v) is 8.21. The molecule has 3 N–H and O–H groups in total. The minimum absolute atomic E-state index is 0.209. The molecule has 110 valence electrons.